The molecule has 0 aromatic heterocycles. The molecule has 0 N–H and O–H groups in total. The van der Waals surface area contributed by atoms with Gasteiger partial charge in [0.05, 0.1) is 13.2 Å². The molecule has 8 heteroatoms. The first-order chi connectivity index (χ1) is 10.1. The Morgan fingerprint density at radius 3 is 1.27 bits per heavy atom. The molecule has 1 aliphatic heterocycles. The Morgan fingerprint density at radius 1 is 0.727 bits per heavy atom. The minimum Gasteiger partial charge on any atom is -0.330 e. The summed E-state index contributed by atoms with van der Waals surface area (Å²) in [5.74, 6) is 2.08. The molecule has 0 unspecified atom stereocenters. The van der Waals surface area contributed by atoms with Crippen molar-refractivity contribution in [3.8, 4) is 0 Å². The molecule has 0 aliphatic carbocycles. The van der Waals surface area contributed by atoms with Crippen molar-refractivity contribution in [2.45, 2.75) is 52.6 Å². The lowest BCUT2D eigenvalue weighted by Gasteiger charge is -2.62. The Balaban J connectivity index is 2.85. The zero-order chi connectivity index (χ0) is 17.0. The van der Waals surface area contributed by atoms with E-state index in [1.807, 2.05) is 23.5 Å². The number of hydrogen-bond acceptors (Lipinski definition) is 6. The predicted octanol–water partition coefficient (Wildman–Crippen LogP) is 5.41. The second-order valence-corrected chi connectivity index (χ2v) is 12.8. The summed E-state index contributed by atoms with van der Waals surface area (Å²) < 4.78 is 17.5. The zero-order valence-electron chi connectivity index (χ0n) is 15.3. The monoisotopic (exact) mass is 386 g/mol. The fraction of sp³-hybridized carbons (Fsp3) is 1.00. The highest BCUT2D eigenvalue weighted by atomic mass is 32.2. The molecule has 22 heavy (non-hydrogen) atoms. The van der Waals surface area contributed by atoms with Crippen LogP contribution in [0.15, 0.2) is 0 Å². The van der Waals surface area contributed by atoms with Crippen LogP contribution in [-0.2, 0) is 9.05 Å². The van der Waals surface area contributed by atoms with E-state index in [4.69, 9.17) is 9.05 Å². The number of thioether (sulfide) groups is 2. The maximum absolute atomic E-state index is 6.26. The van der Waals surface area contributed by atoms with Crippen molar-refractivity contribution in [1.82, 2.24) is 8.88 Å². The molecular weight excluding hydrogens is 354 g/mol. The van der Waals surface area contributed by atoms with E-state index >= 15 is 0 Å². The second kappa shape index (κ2) is 9.20. The van der Waals surface area contributed by atoms with Crippen molar-refractivity contribution in [3.63, 3.8) is 0 Å². The Kier molecular flexibility index (Phi) is 8.96. The van der Waals surface area contributed by atoms with E-state index in [2.05, 4.69) is 62.9 Å². The summed E-state index contributed by atoms with van der Waals surface area (Å²) in [5.41, 5.74) is 0.135. The van der Waals surface area contributed by atoms with E-state index in [-0.39, 0.29) is 11.1 Å². The molecule has 1 saturated heterocycles. The van der Waals surface area contributed by atoms with Gasteiger partial charge in [0.2, 0.25) is 16.9 Å². The predicted molar refractivity (Wildman–Crippen MR) is 106 cm³/mol. The molecule has 0 radical (unpaired) electrons. The molecule has 0 aromatic carbocycles. The van der Waals surface area contributed by atoms with Crippen LogP contribution in [0.25, 0.3) is 0 Å². The highest BCUT2D eigenvalue weighted by Crippen LogP contribution is 2.81. The lowest BCUT2D eigenvalue weighted by molar-refractivity contribution is 0.174. The summed E-state index contributed by atoms with van der Waals surface area (Å²) in [6.45, 7) is 15.2. The topological polar surface area (TPSA) is 24.9 Å². The van der Waals surface area contributed by atoms with Crippen LogP contribution in [0.4, 0.5) is 0 Å². The molecule has 0 atom stereocenters. The summed E-state index contributed by atoms with van der Waals surface area (Å²) in [7, 11) is -1.44. The molecular formula is C14H32N2O2P2S2. The third kappa shape index (κ3) is 5.74. The van der Waals surface area contributed by atoms with Gasteiger partial charge in [0.25, 0.3) is 0 Å². The third-order valence-corrected chi connectivity index (χ3v) is 10.3. The second-order valence-electron chi connectivity index (χ2n) is 7.08. The van der Waals surface area contributed by atoms with Crippen LogP contribution in [0.1, 0.15) is 41.5 Å². The first kappa shape index (κ1) is 21.4. The number of rotatable bonds is 8. The minimum absolute atomic E-state index is 0.0673. The molecule has 1 heterocycles. The lowest BCUT2D eigenvalue weighted by Crippen LogP contribution is -2.53. The van der Waals surface area contributed by atoms with E-state index in [0.717, 1.165) is 24.7 Å². The maximum Gasteiger partial charge on any atom is 0.202 e. The van der Waals surface area contributed by atoms with Gasteiger partial charge in [-0.15, -0.1) is 0 Å². The van der Waals surface area contributed by atoms with E-state index in [9.17, 15) is 0 Å². The standard InChI is InChI=1S/C14H32N2O2P2S2/c1-13(2,3)15-19(17-9-11-21-7)16(14(4,5)6)20(15)18-10-12-22-8/h9-12H2,1-8H3. The summed E-state index contributed by atoms with van der Waals surface area (Å²) in [6.07, 6.45) is 4.25. The Hall–Kier alpha value is 1.40. The van der Waals surface area contributed by atoms with Gasteiger partial charge < -0.3 is 9.05 Å². The van der Waals surface area contributed by atoms with E-state index in [1.165, 1.54) is 0 Å². The van der Waals surface area contributed by atoms with Crippen LogP contribution in [-0.4, -0.2) is 57.2 Å². The molecule has 132 valence electrons. The van der Waals surface area contributed by atoms with Crippen molar-refractivity contribution in [2.75, 3.05) is 37.2 Å². The van der Waals surface area contributed by atoms with Crippen LogP contribution < -0.4 is 0 Å². The van der Waals surface area contributed by atoms with E-state index in [1.54, 1.807) is 0 Å². The van der Waals surface area contributed by atoms with Gasteiger partial charge in [0.15, 0.2) is 0 Å². The SMILES string of the molecule is CSCCOP1N(C(C)(C)C)P(OCCSC)N1C(C)(C)C. The number of nitrogens with zero attached hydrogens (tertiary/aromatic N) is 2. The van der Waals surface area contributed by atoms with Crippen molar-refractivity contribution >= 4 is 40.4 Å². The summed E-state index contributed by atoms with van der Waals surface area (Å²) >= 11 is 3.67. The average Bonchev–Trinajstić information content (AvgIpc) is 2.32. The van der Waals surface area contributed by atoms with E-state index < -0.39 is 16.9 Å². The molecule has 0 bridgehead atoms. The molecule has 4 nitrogen and oxygen atoms in total. The fourth-order valence-electron chi connectivity index (χ4n) is 1.91. The largest absolute Gasteiger partial charge is 0.330 e. The van der Waals surface area contributed by atoms with Crippen molar-refractivity contribution in [2.24, 2.45) is 0 Å². The van der Waals surface area contributed by atoms with Gasteiger partial charge >= 0.3 is 0 Å². The molecule has 1 rings (SSSR count). The van der Waals surface area contributed by atoms with Crippen LogP contribution in [0.3, 0.4) is 0 Å². The fourth-order valence-corrected chi connectivity index (χ4v) is 8.09. The van der Waals surface area contributed by atoms with Crippen LogP contribution in [0.5, 0.6) is 0 Å². The molecule has 0 amide bonds. The first-order valence-corrected chi connectivity index (χ1v) is 12.7. The zero-order valence-corrected chi connectivity index (χ0v) is 18.7. The summed E-state index contributed by atoms with van der Waals surface area (Å²) in [5, 5.41) is 0. The van der Waals surface area contributed by atoms with Crippen LogP contribution >= 0.6 is 40.4 Å². The molecule has 0 aromatic rings. The van der Waals surface area contributed by atoms with Gasteiger partial charge in [-0.3, -0.25) is 0 Å². The van der Waals surface area contributed by atoms with Crippen molar-refractivity contribution < 1.29 is 9.05 Å². The number of hydrogen-bond donors (Lipinski definition) is 0. The van der Waals surface area contributed by atoms with Gasteiger partial charge in [0, 0.05) is 22.6 Å². The average molecular weight is 387 g/mol. The normalized spacial score (nSPS) is 24.5. The van der Waals surface area contributed by atoms with Crippen LogP contribution in [0, 0.1) is 0 Å². The van der Waals surface area contributed by atoms with Gasteiger partial charge in [-0.25, -0.2) is 0 Å². The van der Waals surface area contributed by atoms with Gasteiger partial charge in [0.1, 0.15) is 0 Å². The Labute approximate surface area is 148 Å². The third-order valence-electron chi connectivity index (χ3n) is 2.84. The first-order valence-electron chi connectivity index (χ1n) is 7.58. The molecule has 1 fully saturated rings. The van der Waals surface area contributed by atoms with Gasteiger partial charge in [-0.05, 0) is 54.1 Å². The summed E-state index contributed by atoms with van der Waals surface area (Å²) in [6, 6.07) is 0. The molecule has 0 spiro atoms. The Bertz CT molecular complexity index is 298. The lowest BCUT2D eigenvalue weighted by atomic mass is 10.1. The van der Waals surface area contributed by atoms with Crippen LogP contribution in [0.2, 0.25) is 0 Å². The molecule has 0 saturated carbocycles. The van der Waals surface area contributed by atoms with Gasteiger partial charge in [-0.1, -0.05) is 0 Å². The highest BCUT2D eigenvalue weighted by molar-refractivity contribution is 7.98. The smallest absolute Gasteiger partial charge is 0.202 e. The summed E-state index contributed by atoms with van der Waals surface area (Å²) in [4.78, 5) is 0. The van der Waals surface area contributed by atoms with E-state index in [0.29, 0.717) is 0 Å². The Morgan fingerprint density at radius 2 is 1.05 bits per heavy atom. The molecule has 1 aliphatic rings. The minimum atomic E-state index is -0.722. The van der Waals surface area contributed by atoms with Crippen molar-refractivity contribution in [3.05, 3.63) is 0 Å². The quantitative estimate of drug-likeness (QED) is 0.408. The highest BCUT2D eigenvalue weighted by Gasteiger charge is 2.58. The maximum atomic E-state index is 6.26. The van der Waals surface area contributed by atoms with Crippen molar-refractivity contribution in [1.29, 1.82) is 0 Å². The van der Waals surface area contributed by atoms with Gasteiger partial charge in [-0.2, -0.15) is 32.4 Å².